The number of thioether (sulfide) groups is 2. The molecule has 27 heavy (non-hydrogen) atoms. The second-order valence-corrected chi connectivity index (χ2v) is 9.82. The molecule has 7 heteroatoms. The minimum Gasteiger partial charge on any atom is -0.325 e. The highest BCUT2D eigenvalue weighted by Crippen LogP contribution is 2.39. The highest BCUT2D eigenvalue weighted by Gasteiger charge is 2.24. The van der Waals surface area contributed by atoms with Crippen molar-refractivity contribution in [1.29, 1.82) is 0 Å². The SMILES string of the molecule is CCSc1nnc(S[C@@H](C(=O)Nc2cc(C)ccc2C)c2ccccc2)s1. The van der Waals surface area contributed by atoms with Crippen LogP contribution in [-0.4, -0.2) is 21.9 Å². The number of nitrogens with one attached hydrogen (secondary N) is 1. The van der Waals surface area contributed by atoms with E-state index >= 15 is 0 Å². The number of aryl methyl sites for hydroxylation is 2. The van der Waals surface area contributed by atoms with Crippen LogP contribution in [0.2, 0.25) is 0 Å². The summed E-state index contributed by atoms with van der Waals surface area (Å²) in [5.74, 6) is 0.897. The van der Waals surface area contributed by atoms with E-state index in [0.29, 0.717) is 0 Å². The summed E-state index contributed by atoms with van der Waals surface area (Å²) in [5, 5.41) is 11.2. The molecule has 1 atom stereocenters. The topological polar surface area (TPSA) is 54.9 Å². The molecule has 3 aromatic rings. The van der Waals surface area contributed by atoms with Crippen molar-refractivity contribution in [1.82, 2.24) is 10.2 Å². The number of aromatic nitrogens is 2. The van der Waals surface area contributed by atoms with E-state index < -0.39 is 5.25 Å². The molecule has 0 aliphatic rings. The van der Waals surface area contributed by atoms with Crippen LogP contribution >= 0.6 is 34.9 Å². The molecule has 3 rings (SSSR count). The molecule has 0 saturated heterocycles. The number of anilines is 1. The lowest BCUT2D eigenvalue weighted by Crippen LogP contribution is -2.19. The quantitative estimate of drug-likeness (QED) is 0.499. The molecule has 2 aromatic carbocycles. The van der Waals surface area contributed by atoms with Crippen molar-refractivity contribution in [2.24, 2.45) is 0 Å². The zero-order valence-electron chi connectivity index (χ0n) is 15.4. The largest absolute Gasteiger partial charge is 0.325 e. The van der Waals surface area contributed by atoms with Crippen LogP contribution in [0.15, 0.2) is 57.2 Å². The molecule has 1 heterocycles. The molecule has 0 aliphatic carbocycles. The summed E-state index contributed by atoms with van der Waals surface area (Å²) in [6, 6.07) is 15.9. The number of benzene rings is 2. The molecular formula is C20H21N3OS3. The van der Waals surface area contributed by atoms with Crippen molar-refractivity contribution >= 4 is 46.5 Å². The van der Waals surface area contributed by atoms with Crippen LogP contribution in [0.4, 0.5) is 5.69 Å². The highest BCUT2D eigenvalue weighted by molar-refractivity contribution is 8.03. The summed E-state index contributed by atoms with van der Waals surface area (Å²) < 4.78 is 1.73. The maximum absolute atomic E-state index is 13.1. The van der Waals surface area contributed by atoms with Crippen LogP contribution < -0.4 is 5.32 Å². The van der Waals surface area contributed by atoms with Crippen molar-refractivity contribution in [2.75, 3.05) is 11.1 Å². The summed E-state index contributed by atoms with van der Waals surface area (Å²) >= 11 is 4.64. The van der Waals surface area contributed by atoms with Crippen molar-refractivity contribution in [3.05, 3.63) is 65.2 Å². The minimum atomic E-state index is -0.390. The number of carbonyl (C=O) groups excluding carboxylic acids is 1. The average Bonchev–Trinajstić information content (AvgIpc) is 3.11. The first kappa shape index (κ1) is 19.9. The minimum absolute atomic E-state index is 0.0557. The number of hydrogen-bond acceptors (Lipinski definition) is 6. The Morgan fingerprint density at radius 3 is 2.59 bits per heavy atom. The van der Waals surface area contributed by atoms with Crippen LogP contribution in [0.1, 0.15) is 28.9 Å². The van der Waals surface area contributed by atoms with Gasteiger partial charge in [0, 0.05) is 5.69 Å². The van der Waals surface area contributed by atoms with Gasteiger partial charge in [-0.1, -0.05) is 84.2 Å². The Bertz CT molecular complexity index is 912. The van der Waals surface area contributed by atoms with E-state index in [-0.39, 0.29) is 5.91 Å². The van der Waals surface area contributed by atoms with Gasteiger partial charge >= 0.3 is 0 Å². The van der Waals surface area contributed by atoms with Gasteiger partial charge in [0.2, 0.25) is 5.91 Å². The first-order chi connectivity index (χ1) is 13.1. The predicted molar refractivity (Wildman–Crippen MR) is 116 cm³/mol. The normalized spacial score (nSPS) is 12.0. The van der Waals surface area contributed by atoms with Gasteiger partial charge in [0.05, 0.1) is 0 Å². The molecule has 0 saturated carbocycles. The number of hydrogen-bond donors (Lipinski definition) is 1. The van der Waals surface area contributed by atoms with Crippen molar-refractivity contribution in [2.45, 2.75) is 34.7 Å². The Morgan fingerprint density at radius 2 is 1.85 bits per heavy atom. The van der Waals surface area contributed by atoms with E-state index in [4.69, 9.17) is 0 Å². The molecule has 0 radical (unpaired) electrons. The van der Waals surface area contributed by atoms with Gasteiger partial charge in [0.25, 0.3) is 0 Å². The maximum atomic E-state index is 13.1. The molecule has 4 nitrogen and oxygen atoms in total. The molecule has 0 unspecified atom stereocenters. The Balaban J connectivity index is 1.85. The standard InChI is InChI=1S/C20H21N3OS3/c1-4-25-19-22-23-20(27-19)26-17(15-8-6-5-7-9-15)18(24)21-16-12-13(2)10-11-14(16)3/h5-12,17H,4H2,1-3H3,(H,21,24)/t17-/m1/s1. The van der Waals surface area contributed by atoms with Gasteiger partial charge in [-0.15, -0.1) is 10.2 Å². The molecule has 1 N–H and O–H groups in total. The smallest absolute Gasteiger partial charge is 0.242 e. The third-order valence-corrected chi connectivity index (χ3v) is 7.14. The summed E-state index contributed by atoms with van der Waals surface area (Å²) in [4.78, 5) is 13.1. The fourth-order valence-corrected chi connectivity index (χ4v) is 5.61. The molecule has 0 bridgehead atoms. The van der Waals surface area contributed by atoms with Crippen molar-refractivity contribution in [3.63, 3.8) is 0 Å². The molecular weight excluding hydrogens is 394 g/mol. The van der Waals surface area contributed by atoms with Gasteiger partial charge < -0.3 is 5.32 Å². The van der Waals surface area contributed by atoms with E-state index in [0.717, 1.165) is 36.8 Å². The highest BCUT2D eigenvalue weighted by atomic mass is 32.2. The molecule has 0 spiro atoms. The van der Waals surface area contributed by atoms with E-state index in [1.165, 1.54) is 23.1 Å². The fraction of sp³-hybridized carbons (Fsp3) is 0.250. The number of rotatable bonds is 7. The number of amides is 1. The molecule has 0 aliphatic heterocycles. The van der Waals surface area contributed by atoms with Crippen LogP contribution in [0.25, 0.3) is 0 Å². The monoisotopic (exact) mass is 415 g/mol. The molecule has 1 amide bonds. The van der Waals surface area contributed by atoms with Gasteiger partial charge in [-0.25, -0.2) is 0 Å². The number of carbonyl (C=O) groups is 1. The zero-order chi connectivity index (χ0) is 19.2. The second-order valence-electron chi connectivity index (χ2n) is 5.98. The van der Waals surface area contributed by atoms with Crippen molar-refractivity contribution < 1.29 is 4.79 Å². The first-order valence-corrected chi connectivity index (χ1v) is 11.3. The summed E-state index contributed by atoms with van der Waals surface area (Å²) in [6.45, 7) is 6.11. The van der Waals surface area contributed by atoms with Crippen molar-refractivity contribution in [3.8, 4) is 0 Å². The predicted octanol–water partition coefficient (Wildman–Crippen LogP) is 5.74. The lowest BCUT2D eigenvalue weighted by molar-refractivity contribution is -0.115. The van der Waals surface area contributed by atoms with Gasteiger partial charge in [0.1, 0.15) is 5.25 Å². The zero-order valence-corrected chi connectivity index (χ0v) is 17.9. The average molecular weight is 416 g/mol. The Kier molecular flexibility index (Phi) is 6.93. The molecule has 1 aromatic heterocycles. The van der Waals surface area contributed by atoms with Gasteiger partial charge in [-0.05, 0) is 42.4 Å². The van der Waals surface area contributed by atoms with Crippen LogP contribution in [0.3, 0.4) is 0 Å². The Labute approximate surface area is 172 Å². The summed E-state index contributed by atoms with van der Waals surface area (Å²) in [6.07, 6.45) is 0. The molecule has 0 fully saturated rings. The molecule has 140 valence electrons. The van der Waals surface area contributed by atoms with E-state index in [9.17, 15) is 4.79 Å². The fourth-order valence-electron chi connectivity index (χ4n) is 2.50. The Hall–Kier alpha value is -1.83. The number of nitrogens with zero attached hydrogens (tertiary/aromatic N) is 2. The third kappa shape index (κ3) is 5.34. The maximum Gasteiger partial charge on any atom is 0.242 e. The lowest BCUT2D eigenvalue weighted by atomic mass is 10.1. The van der Waals surface area contributed by atoms with Crippen LogP contribution in [-0.2, 0) is 4.79 Å². The van der Waals surface area contributed by atoms with Gasteiger partial charge in [-0.2, -0.15) is 0 Å². The third-order valence-electron chi connectivity index (χ3n) is 3.87. The second kappa shape index (κ2) is 9.39. The summed E-state index contributed by atoms with van der Waals surface area (Å²) in [5.41, 5.74) is 3.96. The van der Waals surface area contributed by atoms with Crippen LogP contribution in [0, 0.1) is 13.8 Å². The van der Waals surface area contributed by atoms with Gasteiger partial charge in [0.15, 0.2) is 8.68 Å². The van der Waals surface area contributed by atoms with E-state index in [1.54, 1.807) is 11.8 Å². The Morgan fingerprint density at radius 1 is 1.11 bits per heavy atom. The van der Waals surface area contributed by atoms with E-state index in [1.807, 2.05) is 62.4 Å². The van der Waals surface area contributed by atoms with E-state index in [2.05, 4.69) is 22.4 Å². The van der Waals surface area contributed by atoms with Crippen LogP contribution in [0.5, 0.6) is 0 Å². The summed E-state index contributed by atoms with van der Waals surface area (Å²) in [7, 11) is 0. The first-order valence-electron chi connectivity index (χ1n) is 8.63. The lowest BCUT2D eigenvalue weighted by Gasteiger charge is -2.17. The van der Waals surface area contributed by atoms with Gasteiger partial charge in [-0.3, -0.25) is 4.79 Å².